The van der Waals surface area contributed by atoms with Crippen LogP contribution in [-0.4, -0.2) is 65.7 Å². The molecule has 1 aliphatic rings. The molecule has 1 aliphatic heterocycles. The van der Waals surface area contributed by atoms with E-state index in [1.807, 2.05) is 0 Å². The number of methoxy groups -OCH3 is 1. The lowest BCUT2D eigenvalue weighted by atomic mass is 9.99. The number of hydrogen-bond acceptors (Lipinski definition) is 7. The Morgan fingerprint density at radius 1 is 1.10 bits per heavy atom. The van der Waals surface area contributed by atoms with E-state index in [0.717, 1.165) is 25.7 Å². The number of carbonyl (C=O) groups is 1. The van der Waals surface area contributed by atoms with Crippen LogP contribution in [0.2, 0.25) is 0 Å². The predicted octanol–water partition coefficient (Wildman–Crippen LogP) is -0.0460. The van der Waals surface area contributed by atoms with Crippen LogP contribution < -0.4 is 0 Å². The van der Waals surface area contributed by atoms with E-state index in [9.17, 15) is 20.1 Å². The van der Waals surface area contributed by atoms with Gasteiger partial charge in [-0.3, -0.25) is 4.79 Å². The van der Waals surface area contributed by atoms with E-state index in [4.69, 9.17) is 14.2 Å². The number of carbonyl (C=O) groups excluding carboxylic acids is 1. The van der Waals surface area contributed by atoms with Gasteiger partial charge in [0, 0.05) is 13.5 Å². The molecule has 0 bridgehead atoms. The molecule has 0 saturated carbocycles. The molecule has 1 rings (SSSR count). The molecule has 7 nitrogen and oxygen atoms in total. The Hall–Kier alpha value is -0.730. The van der Waals surface area contributed by atoms with Gasteiger partial charge in [-0.15, -0.1) is 0 Å². The van der Waals surface area contributed by atoms with Crippen molar-refractivity contribution in [1.29, 1.82) is 0 Å². The maximum absolute atomic E-state index is 11.5. The smallest absolute Gasteiger partial charge is 0.305 e. The zero-order valence-electron chi connectivity index (χ0n) is 12.6. The Kier molecular flexibility index (Phi) is 8.13. The Morgan fingerprint density at radius 2 is 1.81 bits per heavy atom. The van der Waals surface area contributed by atoms with Gasteiger partial charge in [-0.1, -0.05) is 26.2 Å². The molecule has 0 aromatic carbocycles. The first-order valence-electron chi connectivity index (χ1n) is 7.39. The summed E-state index contributed by atoms with van der Waals surface area (Å²) in [5.74, 6) is -0.364. The van der Waals surface area contributed by atoms with E-state index in [1.54, 1.807) is 0 Å². The molecule has 0 aromatic rings. The molecule has 124 valence electrons. The van der Waals surface area contributed by atoms with Crippen LogP contribution in [-0.2, 0) is 19.0 Å². The van der Waals surface area contributed by atoms with Crippen molar-refractivity contribution in [2.24, 2.45) is 0 Å². The van der Waals surface area contributed by atoms with Crippen molar-refractivity contribution in [3.63, 3.8) is 0 Å². The van der Waals surface area contributed by atoms with Gasteiger partial charge in [0.25, 0.3) is 0 Å². The van der Waals surface area contributed by atoms with E-state index >= 15 is 0 Å². The third-order valence-electron chi connectivity index (χ3n) is 3.54. The van der Waals surface area contributed by atoms with Gasteiger partial charge >= 0.3 is 5.97 Å². The van der Waals surface area contributed by atoms with Crippen molar-refractivity contribution in [2.75, 3.05) is 13.7 Å². The molecule has 0 aliphatic carbocycles. The second kappa shape index (κ2) is 9.32. The van der Waals surface area contributed by atoms with E-state index in [-0.39, 0.29) is 12.6 Å². The maximum atomic E-state index is 11.5. The van der Waals surface area contributed by atoms with Gasteiger partial charge in [0.05, 0.1) is 0 Å². The van der Waals surface area contributed by atoms with E-state index in [1.165, 1.54) is 7.11 Å². The third-order valence-corrected chi connectivity index (χ3v) is 3.54. The second-order valence-corrected chi connectivity index (χ2v) is 5.24. The van der Waals surface area contributed by atoms with E-state index < -0.39 is 30.7 Å². The van der Waals surface area contributed by atoms with Crippen molar-refractivity contribution < 1.29 is 34.3 Å². The van der Waals surface area contributed by atoms with Gasteiger partial charge in [-0.05, 0) is 6.42 Å². The molecule has 7 heteroatoms. The van der Waals surface area contributed by atoms with Gasteiger partial charge < -0.3 is 29.5 Å². The minimum absolute atomic E-state index is 0.183. The fraction of sp³-hybridized carbons (Fsp3) is 0.929. The van der Waals surface area contributed by atoms with Crippen molar-refractivity contribution >= 4 is 5.97 Å². The van der Waals surface area contributed by atoms with Crippen LogP contribution in [0.25, 0.3) is 0 Å². The van der Waals surface area contributed by atoms with Crippen LogP contribution >= 0.6 is 0 Å². The molecule has 0 amide bonds. The monoisotopic (exact) mass is 306 g/mol. The lowest BCUT2D eigenvalue weighted by molar-refractivity contribution is -0.295. The molecule has 0 radical (unpaired) electrons. The van der Waals surface area contributed by atoms with E-state index in [2.05, 4.69) is 6.92 Å². The molecule has 21 heavy (non-hydrogen) atoms. The van der Waals surface area contributed by atoms with Crippen LogP contribution in [0.5, 0.6) is 0 Å². The van der Waals surface area contributed by atoms with Crippen LogP contribution in [0.1, 0.15) is 39.0 Å². The number of unbranched alkanes of at least 4 members (excludes halogenated alkanes) is 3. The Balaban J connectivity index is 2.34. The fourth-order valence-electron chi connectivity index (χ4n) is 2.19. The minimum atomic E-state index is -1.41. The van der Waals surface area contributed by atoms with Crippen LogP contribution in [0.15, 0.2) is 0 Å². The number of hydrogen-bond donors (Lipinski definition) is 3. The molecule has 0 aromatic heterocycles. The lowest BCUT2D eigenvalue weighted by Gasteiger charge is -2.39. The molecule has 3 N–H and O–H groups in total. The highest BCUT2D eigenvalue weighted by atomic mass is 16.7. The van der Waals surface area contributed by atoms with Crippen LogP contribution in [0, 0.1) is 0 Å². The molecule has 5 atom stereocenters. The summed E-state index contributed by atoms with van der Waals surface area (Å²) in [5, 5.41) is 29.1. The highest BCUT2D eigenvalue weighted by Crippen LogP contribution is 2.22. The number of aliphatic hydroxyl groups is 3. The summed E-state index contributed by atoms with van der Waals surface area (Å²) in [7, 11) is 1.31. The van der Waals surface area contributed by atoms with Gasteiger partial charge in [-0.2, -0.15) is 0 Å². The van der Waals surface area contributed by atoms with Crippen molar-refractivity contribution in [3.8, 4) is 0 Å². The predicted molar refractivity (Wildman–Crippen MR) is 73.4 cm³/mol. The molecule has 1 saturated heterocycles. The topological polar surface area (TPSA) is 105 Å². The molecular formula is C14H26O7. The van der Waals surface area contributed by atoms with Crippen LogP contribution in [0.4, 0.5) is 0 Å². The van der Waals surface area contributed by atoms with Crippen molar-refractivity contribution in [3.05, 3.63) is 0 Å². The standard InChI is InChI=1S/C14H26O7/c1-3-4-5-6-7-10(15)20-8-9-11(16)12(17)13(18)14(19-2)21-9/h9,11-14,16-18H,3-8H2,1-2H3/t9-,11-,12+,13-,14-/m1/s1. The molecular weight excluding hydrogens is 280 g/mol. The SMILES string of the molecule is CCCCCCC(=O)OC[C@H]1O[C@@H](OC)[C@H](O)[C@@H](O)[C@@H]1O. The average Bonchev–Trinajstić information content (AvgIpc) is 2.48. The highest BCUT2D eigenvalue weighted by molar-refractivity contribution is 5.69. The summed E-state index contributed by atoms with van der Waals surface area (Å²) in [4.78, 5) is 11.5. The summed E-state index contributed by atoms with van der Waals surface area (Å²) in [6, 6.07) is 0. The van der Waals surface area contributed by atoms with Crippen molar-refractivity contribution in [2.45, 2.75) is 69.7 Å². The summed E-state index contributed by atoms with van der Waals surface area (Å²) in [5.41, 5.74) is 0. The number of ether oxygens (including phenoxy) is 3. The molecule has 0 unspecified atom stereocenters. The maximum Gasteiger partial charge on any atom is 0.305 e. The number of rotatable bonds is 8. The zero-order chi connectivity index (χ0) is 15.8. The summed E-state index contributed by atoms with van der Waals surface area (Å²) in [6.07, 6.45) is -1.82. The summed E-state index contributed by atoms with van der Waals surface area (Å²) >= 11 is 0. The summed E-state index contributed by atoms with van der Waals surface area (Å²) in [6.45, 7) is 1.91. The molecule has 1 heterocycles. The Labute approximate surface area is 124 Å². The van der Waals surface area contributed by atoms with E-state index in [0.29, 0.717) is 6.42 Å². The molecule has 0 spiro atoms. The number of aliphatic hydroxyl groups excluding tert-OH is 3. The lowest BCUT2D eigenvalue weighted by Crippen LogP contribution is -2.59. The average molecular weight is 306 g/mol. The third kappa shape index (κ3) is 5.52. The molecule has 1 fully saturated rings. The fourth-order valence-corrected chi connectivity index (χ4v) is 2.19. The minimum Gasteiger partial charge on any atom is -0.463 e. The highest BCUT2D eigenvalue weighted by Gasteiger charge is 2.44. The first-order valence-corrected chi connectivity index (χ1v) is 7.39. The van der Waals surface area contributed by atoms with Gasteiger partial charge in [-0.25, -0.2) is 0 Å². The quantitative estimate of drug-likeness (QED) is 0.426. The number of esters is 1. The van der Waals surface area contributed by atoms with Crippen LogP contribution in [0.3, 0.4) is 0 Å². The largest absolute Gasteiger partial charge is 0.463 e. The first-order chi connectivity index (χ1) is 10.0. The van der Waals surface area contributed by atoms with Gasteiger partial charge in [0.2, 0.25) is 0 Å². The van der Waals surface area contributed by atoms with Gasteiger partial charge in [0.15, 0.2) is 6.29 Å². The Morgan fingerprint density at radius 3 is 2.43 bits per heavy atom. The zero-order valence-corrected chi connectivity index (χ0v) is 12.6. The first kappa shape index (κ1) is 18.3. The normalized spacial score (nSPS) is 32.9. The van der Waals surface area contributed by atoms with Crippen molar-refractivity contribution in [1.82, 2.24) is 0 Å². The van der Waals surface area contributed by atoms with Gasteiger partial charge in [0.1, 0.15) is 31.0 Å². The Bertz CT molecular complexity index is 308. The summed E-state index contributed by atoms with van der Waals surface area (Å²) < 4.78 is 15.2. The second-order valence-electron chi connectivity index (χ2n) is 5.24.